The van der Waals surface area contributed by atoms with Gasteiger partial charge in [-0.15, -0.1) is 0 Å². The minimum atomic E-state index is -1.52. The van der Waals surface area contributed by atoms with Crippen molar-refractivity contribution in [2.24, 2.45) is 7.05 Å². The minimum absolute atomic E-state index is 0.205. The molecular formula is C14H24BN3O4. The third kappa shape index (κ3) is 3.81. The highest BCUT2D eigenvalue weighted by Gasteiger charge is 2.30. The first-order chi connectivity index (χ1) is 10.2. The Morgan fingerprint density at radius 1 is 1.36 bits per heavy atom. The summed E-state index contributed by atoms with van der Waals surface area (Å²) in [4.78, 5) is 18.0. The van der Waals surface area contributed by atoms with Crippen molar-refractivity contribution < 1.29 is 19.6 Å². The molecule has 1 amide bonds. The van der Waals surface area contributed by atoms with Gasteiger partial charge in [0.1, 0.15) is 11.4 Å². The van der Waals surface area contributed by atoms with Gasteiger partial charge < -0.3 is 24.3 Å². The summed E-state index contributed by atoms with van der Waals surface area (Å²) >= 11 is 0. The van der Waals surface area contributed by atoms with E-state index in [9.17, 15) is 14.8 Å². The number of nitrogens with zero attached hydrogens (tertiary/aromatic N) is 3. The molecule has 122 valence electrons. The van der Waals surface area contributed by atoms with E-state index in [1.165, 1.54) is 6.20 Å². The lowest BCUT2D eigenvalue weighted by atomic mass is 9.86. The molecule has 7 nitrogen and oxygen atoms in total. The number of piperidine rings is 1. The smallest absolute Gasteiger partial charge is 0.444 e. The summed E-state index contributed by atoms with van der Waals surface area (Å²) in [5, 5.41) is 18.5. The molecule has 0 unspecified atom stereocenters. The number of ether oxygens (including phenoxy) is 1. The Kier molecular flexibility index (Phi) is 4.82. The molecule has 1 aromatic rings. The zero-order valence-electron chi connectivity index (χ0n) is 13.6. The Morgan fingerprint density at radius 2 is 1.95 bits per heavy atom. The van der Waals surface area contributed by atoms with Crippen LogP contribution in [0.3, 0.4) is 0 Å². The maximum atomic E-state index is 12.0. The number of carbonyl (C=O) groups excluding carboxylic acids is 1. The summed E-state index contributed by atoms with van der Waals surface area (Å²) in [7, 11) is 0.255. The molecule has 0 aliphatic carbocycles. The fourth-order valence-electron chi connectivity index (χ4n) is 2.70. The molecule has 0 bridgehead atoms. The Labute approximate surface area is 131 Å². The third-order valence-electron chi connectivity index (χ3n) is 3.84. The highest BCUT2D eigenvalue weighted by molar-refractivity contribution is 6.57. The van der Waals surface area contributed by atoms with Crippen molar-refractivity contribution in [3.63, 3.8) is 0 Å². The largest absolute Gasteiger partial charge is 0.507 e. The molecule has 1 fully saturated rings. The van der Waals surface area contributed by atoms with Crippen LogP contribution in [0.2, 0.25) is 0 Å². The molecule has 2 heterocycles. The van der Waals surface area contributed by atoms with Crippen molar-refractivity contribution in [1.82, 2.24) is 14.5 Å². The average Bonchev–Trinajstić information content (AvgIpc) is 2.79. The fraction of sp³-hybridized carbons (Fsp3) is 0.714. The van der Waals surface area contributed by atoms with E-state index in [-0.39, 0.29) is 12.0 Å². The van der Waals surface area contributed by atoms with Gasteiger partial charge in [0.05, 0.1) is 5.59 Å². The predicted molar refractivity (Wildman–Crippen MR) is 82.8 cm³/mol. The van der Waals surface area contributed by atoms with Crippen LogP contribution in [0.5, 0.6) is 0 Å². The summed E-state index contributed by atoms with van der Waals surface area (Å²) < 4.78 is 7.10. The van der Waals surface area contributed by atoms with Crippen molar-refractivity contribution in [2.75, 3.05) is 13.1 Å². The summed E-state index contributed by atoms with van der Waals surface area (Å²) in [6.07, 6.45) is 2.77. The van der Waals surface area contributed by atoms with Crippen molar-refractivity contribution in [2.45, 2.75) is 45.1 Å². The fourth-order valence-corrected chi connectivity index (χ4v) is 2.70. The monoisotopic (exact) mass is 309 g/mol. The Hall–Kier alpha value is -1.54. The number of rotatable bonds is 2. The molecule has 0 saturated carbocycles. The number of amides is 1. The molecule has 0 radical (unpaired) electrons. The number of imidazole rings is 1. The van der Waals surface area contributed by atoms with E-state index in [0.29, 0.717) is 18.7 Å². The zero-order valence-corrected chi connectivity index (χ0v) is 13.6. The van der Waals surface area contributed by atoms with Gasteiger partial charge >= 0.3 is 13.2 Å². The molecule has 1 aliphatic heterocycles. The maximum absolute atomic E-state index is 12.0. The molecule has 1 aliphatic rings. The van der Waals surface area contributed by atoms with Gasteiger partial charge in [0.25, 0.3) is 0 Å². The van der Waals surface area contributed by atoms with Crippen LogP contribution in [0.4, 0.5) is 4.79 Å². The average molecular weight is 309 g/mol. The zero-order chi connectivity index (χ0) is 16.5. The second kappa shape index (κ2) is 6.30. The van der Waals surface area contributed by atoms with Gasteiger partial charge in [0.15, 0.2) is 0 Å². The van der Waals surface area contributed by atoms with Crippen LogP contribution in [0.1, 0.15) is 45.4 Å². The lowest BCUT2D eigenvalue weighted by Crippen LogP contribution is -2.42. The van der Waals surface area contributed by atoms with Crippen LogP contribution in [-0.2, 0) is 11.8 Å². The molecule has 1 aromatic heterocycles. The summed E-state index contributed by atoms with van der Waals surface area (Å²) in [5.41, 5.74) is -0.107. The van der Waals surface area contributed by atoms with E-state index in [0.717, 1.165) is 18.7 Å². The van der Waals surface area contributed by atoms with Crippen LogP contribution in [0.25, 0.3) is 0 Å². The minimum Gasteiger partial charge on any atom is -0.444 e. The van der Waals surface area contributed by atoms with Gasteiger partial charge in [0.2, 0.25) is 0 Å². The molecule has 0 atom stereocenters. The molecule has 22 heavy (non-hydrogen) atoms. The molecular weight excluding hydrogens is 285 g/mol. The van der Waals surface area contributed by atoms with Crippen LogP contribution < -0.4 is 5.59 Å². The number of hydrogen-bond acceptors (Lipinski definition) is 5. The first-order valence-corrected chi connectivity index (χ1v) is 7.54. The second-order valence-electron chi connectivity index (χ2n) is 6.72. The summed E-state index contributed by atoms with van der Waals surface area (Å²) in [6, 6.07) is 0. The van der Waals surface area contributed by atoms with E-state index in [1.807, 2.05) is 20.8 Å². The molecule has 0 spiro atoms. The van der Waals surface area contributed by atoms with E-state index < -0.39 is 12.7 Å². The van der Waals surface area contributed by atoms with Crippen LogP contribution >= 0.6 is 0 Å². The molecule has 2 N–H and O–H groups in total. The van der Waals surface area contributed by atoms with Crippen molar-refractivity contribution >= 4 is 18.8 Å². The summed E-state index contributed by atoms with van der Waals surface area (Å²) in [6.45, 7) is 6.79. The topological polar surface area (TPSA) is 87.8 Å². The normalized spacial score (nSPS) is 16.7. The van der Waals surface area contributed by atoms with Gasteiger partial charge in [0, 0.05) is 32.3 Å². The maximum Gasteiger partial charge on any atom is 0.507 e. The molecule has 2 rings (SSSR count). The van der Waals surface area contributed by atoms with Crippen LogP contribution in [0.15, 0.2) is 6.20 Å². The van der Waals surface area contributed by atoms with Gasteiger partial charge in [-0.25, -0.2) is 9.78 Å². The lowest BCUT2D eigenvalue weighted by Gasteiger charge is -2.33. The van der Waals surface area contributed by atoms with Crippen LogP contribution in [0, 0.1) is 0 Å². The number of aromatic nitrogens is 2. The second-order valence-corrected chi connectivity index (χ2v) is 6.72. The van der Waals surface area contributed by atoms with Gasteiger partial charge in [-0.2, -0.15) is 0 Å². The quantitative estimate of drug-likeness (QED) is 0.763. The Balaban J connectivity index is 1.96. The number of hydrogen-bond donors (Lipinski definition) is 2. The Morgan fingerprint density at radius 3 is 2.41 bits per heavy atom. The highest BCUT2D eigenvalue weighted by Crippen LogP contribution is 2.27. The van der Waals surface area contributed by atoms with E-state index in [4.69, 9.17) is 4.74 Å². The standard InChI is InChI=1S/C14H24BN3O4/c1-14(2,3)22-13(19)18-7-5-10(6-8-18)12-16-9-11(15(20)21)17(12)4/h9-10,20-21H,5-8H2,1-4H3. The van der Waals surface area contributed by atoms with E-state index in [2.05, 4.69) is 4.98 Å². The molecule has 8 heteroatoms. The van der Waals surface area contributed by atoms with Crippen LogP contribution in [-0.4, -0.2) is 56.4 Å². The van der Waals surface area contributed by atoms with E-state index >= 15 is 0 Å². The predicted octanol–water partition coefficient (Wildman–Crippen LogP) is 0.214. The molecule has 0 aromatic carbocycles. The summed E-state index contributed by atoms with van der Waals surface area (Å²) in [5.74, 6) is 1.03. The van der Waals surface area contributed by atoms with Gasteiger partial charge in [-0.05, 0) is 33.6 Å². The first kappa shape index (κ1) is 16.8. The number of carbonyl (C=O) groups is 1. The van der Waals surface area contributed by atoms with Crippen molar-refractivity contribution in [3.8, 4) is 0 Å². The molecule has 1 saturated heterocycles. The lowest BCUT2D eigenvalue weighted by molar-refractivity contribution is 0.0202. The Bertz CT molecular complexity index is 531. The van der Waals surface area contributed by atoms with Gasteiger partial charge in [-0.3, -0.25) is 0 Å². The highest BCUT2D eigenvalue weighted by atomic mass is 16.6. The van der Waals surface area contributed by atoms with Crippen molar-refractivity contribution in [3.05, 3.63) is 12.0 Å². The first-order valence-electron chi connectivity index (χ1n) is 7.54. The van der Waals surface area contributed by atoms with Gasteiger partial charge in [-0.1, -0.05) is 0 Å². The third-order valence-corrected chi connectivity index (χ3v) is 3.84. The number of likely N-dealkylation sites (tertiary alicyclic amines) is 1. The van der Waals surface area contributed by atoms with Crippen molar-refractivity contribution in [1.29, 1.82) is 0 Å². The SMILES string of the molecule is Cn1c(B(O)O)cnc1C1CCN(C(=O)OC(C)(C)C)CC1. The van der Waals surface area contributed by atoms with E-state index in [1.54, 1.807) is 16.5 Å².